The van der Waals surface area contributed by atoms with Crippen LogP contribution >= 0.6 is 0 Å². The lowest BCUT2D eigenvalue weighted by Crippen LogP contribution is -2.07. The van der Waals surface area contributed by atoms with Crippen LogP contribution in [0.3, 0.4) is 0 Å². The van der Waals surface area contributed by atoms with E-state index in [2.05, 4.69) is 24.9 Å². The average molecular weight is 455 g/mol. The molecule has 1 aromatic carbocycles. The van der Waals surface area contributed by atoms with Crippen molar-refractivity contribution in [3.8, 4) is 39.9 Å². The van der Waals surface area contributed by atoms with Gasteiger partial charge in [-0.25, -0.2) is 24.9 Å². The molecule has 0 bridgehead atoms. The van der Waals surface area contributed by atoms with Gasteiger partial charge in [0.05, 0.1) is 28.8 Å². The second-order valence-corrected chi connectivity index (χ2v) is 7.77. The van der Waals surface area contributed by atoms with Crippen molar-refractivity contribution in [1.82, 2.24) is 29.5 Å². The molecular weight excluding hydrogens is 437 g/mol. The minimum atomic E-state index is -0.677. The van der Waals surface area contributed by atoms with Crippen molar-refractivity contribution in [2.75, 3.05) is 12.3 Å². The third-order valence-electron chi connectivity index (χ3n) is 5.67. The van der Waals surface area contributed by atoms with E-state index >= 15 is 4.39 Å². The van der Waals surface area contributed by atoms with E-state index in [0.717, 1.165) is 16.8 Å². The highest BCUT2D eigenvalue weighted by atomic mass is 19.1. The zero-order valence-electron chi connectivity index (χ0n) is 18.1. The van der Waals surface area contributed by atoms with Gasteiger partial charge in [0.25, 0.3) is 0 Å². The van der Waals surface area contributed by atoms with Crippen molar-refractivity contribution in [1.29, 1.82) is 0 Å². The van der Waals surface area contributed by atoms with Crippen LogP contribution in [-0.2, 0) is 6.54 Å². The summed E-state index contributed by atoms with van der Waals surface area (Å²) in [5.74, 6) is 0.441. The van der Waals surface area contributed by atoms with Crippen LogP contribution in [0.5, 0.6) is 17.5 Å². The number of nitrogen functional groups attached to an aromatic ring is 1. The van der Waals surface area contributed by atoms with Crippen LogP contribution in [0.1, 0.15) is 5.69 Å². The van der Waals surface area contributed by atoms with E-state index in [1.165, 1.54) is 12.5 Å². The predicted molar refractivity (Wildman–Crippen MR) is 123 cm³/mol. The predicted octanol–water partition coefficient (Wildman–Crippen LogP) is 4.16. The Labute approximate surface area is 193 Å². The van der Waals surface area contributed by atoms with Crippen LogP contribution in [0.15, 0.2) is 55.1 Å². The molecule has 5 aromatic rings. The van der Waals surface area contributed by atoms with Crippen LogP contribution < -0.4 is 15.2 Å². The highest BCUT2D eigenvalue weighted by Gasteiger charge is 2.27. The quantitative estimate of drug-likeness (QED) is 0.403. The summed E-state index contributed by atoms with van der Waals surface area (Å²) < 4.78 is 29.3. The molecule has 0 aliphatic carbocycles. The molecule has 2 N–H and O–H groups in total. The number of nitrogens with two attached hydrogens (primary N) is 1. The van der Waals surface area contributed by atoms with E-state index in [4.69, 9.17) is 15.2 Å². The Hall–Kier alpha value is -4.60. The summed E-state index contributed by atoms with van der Waals surface area (Å²) in [4.78, 5) is 21.0. The highest BCUT2D eigenvalue weighted by Crippen LogP contribution is 2.45. The van der Waals surface area contributed by atoms with Gasteiger partial charge in [-0.2, -0.15) is 4.39 Å². The van der Waals surface area contributed by atoms with Gasteiger partial charge < -0.3 is 19.8 Å². The van der Waals surface area contributed by atoms with Gasteiger partial charge in [-0.05, 0) is 25.1 Å². The van der Waals surface area contributed by atoms with Gasteiger partial charge in [-0.3, -0.25) is 0 Å². The molecule has 4 aromatic heterocycles. The molecule has 0 atom stereocenters. The molecule has 0 saturated carbocycles. The largest absolute Gasteiger partial charge is 0.490 e. The Balaban J connectivity index is 1.55. The molecule has 0 amide bonds. The zero-order chi connectivity index (χ0) is 23.2. The van der Waals surface area contributed by atoms with Crippen LogP contribution in [0.2, 0.25) is 0 Å². The van der Waals surface area contributed by atoms with Gasteiger partial charge in [-0.15, -0.1) is 0 Å². The van der Waals surface area contributed by atoms with E-state index in [-0.39, 0.29) is 11.6 Å². The van der Waals surface area contributed by atoms with Gasteiger partial charge in [0.1, 0.15) is 35.9 Å². The van der Waals surface area contributed by atoms with Crippen LogP contribution in [0.25, 0.3) is 33.4 Å². The number of halogens is 1. The molecule has 5 heterocycles. The highest BCUT2D eigenvalue weighted by molar-refractivity contribution is 5.94. The summed E-state index contributed by atoms with van der Waals surface area (Å²) in [5, 5.41) is 0.719. The molecule has 0 radical (unpaired) electrons. The zero-order valence-corrected chi connectivity index (χ0v) is 18.1. The number of pyridine rings is 1. The van der Waals surface area contributed by atoms with E-state index in [9.17, 15) is 0 Å². The third kappa shape index (κ3) is 3.19. The lowest BCUT2D eigenvalue weighted by atomic mass is 10.0. The summed E-state index contributed by atoms with van der Waals surface area (Å²) in [5.41, 5.74) is 9.56. The minimum Gasteiger partial charge on any atom is -0.490 e. The number of hydrogen-bond donors (Lipinski definition) is 1. The van der Waals surface area contributed by atoms with Gasteiger partial charge in [0, 0.05) is 23.7 Å². The first-order chi connectivity index (χ1) is 16.6. The first-order valence-electron chi connectivity index (χ1n) is 10.6. The summed E-state index contributed by atoms with van der Waals surface area (Å²) in [7, 11) is 0. The summed E-state index contributed by atoms with van der Waals surface area (Å²) >= 11 is 0. The van der Waals surface area contributed by atoms with E-state index in [0.29, 0.717) is 47.2 Å². The van der Waals surface area contributed by atoms with Gasteiger partial charge in [0.15, 0.2) is 0 Å². The second-order valence-electron chi connectivity index (χ2n) is 7.77. The number of hydrogen-bond acceptors (Lipinski definition) is 8. The fourth-order valence-electron chi connectivity index (χ4n) is 4.14. The van der Waals surface area contributed by atoms with Crippen molar-refractivity contribution < 1.29 is 13.9 Å². The molecule has 168 valence electrons. The molecule has 34 heavy (non-hydrogen) atoms. The molecule has 9 nitrogen and oxygen atoms in total. The lowest BCUT2D eigenvalue weighted by Gasteiger charge is -2.16. The number of benzene rings is 1. The van der Waals surface area contributed by atoms with Crippen LogP contribution in [0.4, 0.5) is 10.2 Å². The number of rotatable bonds is 3. The lowest BCUT2D eigenvalue weighted by molar-refractivity contribution is 0.307. The Bertz CT molecular complexity index is 1570. The fourth-order valence-corrected chi connectivity index (χ4v) is 4.14. The van der Waals surface area contributed by atoms with Gasteiger partial charge >= 0.3 is 6.01 Å². The maximum absolute atomic E-state index is 15.3. The maximum atomic E-state index is 15.3. The molecule has 1 aliphatic rings. The molecule has 0 saturated heterocycles. The van der Waals surface area contributed by atoms with Crippen LogP contribution in [0, 0.1) is 12.9 Å². The monoisotopic (exact) mass is 455 g/mol. The van der Waals surface area contributed by atoms with Crippen molar-refractivity contribution in [3.63, 3.8) is 0 Å². The first-order valence-corrected chi connectivity index (χ1v) is 10.6. The number of aromatic nitrogens is 6. The minimum absolute atomic E-state index is 0.165. The van der Waals surface area contributed by atoms with Crippen molar-refractivity contribution in [2.45, 2.75) is 13.5 Å². The number of anilines is 1. The van der Waals surface area contributed by atoms with Crippen molar-refractivity contribution in [3.05, 3.63) is 66.8 Å². The average Bonchev–Trinajstić information content (AvgIpc) is 3.10. The molecule has 0 spiro atoms. The first kappa shape index (κ1) is 20.0. The summed E-state index contributed by atoms with van der Waals surface area (Å²) in [6.45, 7) is 2.64. The maximum Gasteiger partial charge on any atom is 0.322 e. The molecular formula is C24H18FN7O2. The Morgan fingerprint density at radius 2 is 1.97 bits per heavy atom. The van der Waals surface area contributed by atoms with E-state index < -0.39 is 5.95 Å². The topological polar surface area (TPSA) is 114 Å². The van der Waals surface area contributed by atoms with Crippen molar-refractivity contribution >= 4 is 16.9 Å². The normalized spacial score (nSPS) is 12.5. The fraction of sp³-hybridized carbons (Fsp3) is 0.125. The van der Waals surface area contributed by atoms with E-state index in [1.807, 2.05) is 17.6 Å². The number of para-hydroxylation sites is 1. The molecule has 0 fully saturated rings. The second kappa shape index (κ2) is 7.77. The Morgan fingerprint density at radius 1 is 1.09 bits per heavy atom. The summed E-state index contributed by atoms with van der Waals surface area (Å²) in [6.07, 6.45) is 4.49. The standard InChI is InChI=1S/C24H18FN7O2/c1-13-6-7-27-24(31-13)34-18-5-3-2-4-14(18)19-20-16(11-28-21(19)25)17-10-15-22(26)29-12-30-23(15)32(17)8-9-33-20/h2-7,10-12H,8-9H2,1H3,(H2,26,29,30). The number of nitrogens with zero attached hydrogens (tertiary/aromatic N) is 6. The van der Waals surface area contributed by atoms with Gasteiger partial charge in [0.2, 0.25) is 5.95 Å². The smallest absolute Gasteiger partial charge is 0.322 e. The SMILES string of the molecule is Cc1ccnc(Oc2ccccc2-c2c(F)ncc3c2OCCn2c-3cc3c(N)ncnc32)n1. The summed E-state index contributed by atoms with van der Waals surface area (Å²) in [6, 6.07) is 10.9. The number of fused-ring (bicyclic) bond motifs is 5. The molecule has 10 heteroatoms. The number of aryl methyl sites for hydroxylation is 1. The third-order valence-corrected chi connectivity index (χ3v) is 5.67. The Morgan fingerprint density at radius 3 is 2.85 bits per heavy atom. The van der Waals surface area contributed by atoms with E-state index in [1.54, 1.807) is 36.5 Å². The van der Waals surface area contributed by atoms with Gasteiger partial charge in [-0.1, -0.05) is 18.2 Å². The Kier molecular flexibility index (Phi) is 4.58. The van der Waals surface area contributed by atoms with Crippen LogP contribution in [-0.4, -0.2) is 36.1 Å². The van der Waals surface area contributed by atoms with Crippen molar-refractivity contribution in [2.24, 2.45) is 0 Å². The molecule has 1 aliphatic heterocycles. The molecule has 0 unspecified atom stereocenters. The number of ether oxygens (including phenoxy) is 2. The molecule has 6 rings (SSSR count).